The Labute approximate surface area is 123 Å². The normalized spacial score (nSPS) is 18.3. The number of nitrogens with two attached hydrogens (primary N) is 1. The van der Waals surface area contributed by atoms with Crippen molar-refractivity contribution in [2.75, 3.05) is 37.6 Å². The number of nitrogens with zero attached hydrogens (tertiary/aromatic N) is 2. The molecule has 1 aliphatic heterocycles. The maximum atomic E-state index is 5.73. The molecule has 1 aromatic rings. The first-order chi connectivity index (χ1) is 9.67. The third-order valence-electron chi connectivity index (χ3n) is 4.72. The molecular formula is C17H29N3. The second-order valence-electron chi connectivity index (χ2n) is 5.88. The lowest BCUT2D eigenvalue weighted by molar-refractivity contribution is 0.173. The summed E-state index contributed by atoms with van der Waals surface area (Å²) < 4.78 is 0. The third-order valence-corrected chi connectivity index (χ3v) is 4.72. The van der Waals surface area contributed by atoms with Crippen molar-refractivity contribution in [3.63, 3.8) is 0 Å². The Morgan fingerprint density at radius 3 is 2.45 bits per heavy atom. The van der Waals surface area contributed by atoms with E-state index in [2.05, 4.69) is 48.8 Å². The predicted molar refractivity (Wildman–Crippen MR) is 87.5 cm³/mol. The van der Waals surface area contributed by atoms with Crippen molar-refractivity contribution >= 4 is 5.69 Å². The molecule has 1 unspecified atom stereocenters. The van der Waals surface area contributed by atoms with Crippen molar-refractivity contribution in [2.24, 2.45) is 5.73 Å². The summed E-state index contributed by atoms with van der Waals surface area (Å²) in [5.41, 5.74) is 9.96. The number of rotatable bonds is 5. The van der Waals surface area contributed by atoms with E-state index < -0.39 is 0 Å². The van der Waals surface area contributed by atoms with Gasteiger partial charge < -0.3 is 10.6 Å². The van der Waals surface area contributed by atoms with E-state index in [9.17, 15) is 0 Å². The van der Waals surface area contributed by atoms with Crippen LogP contribution in [0, 0.1) is 13.8 Å². The Bertz CT molecular complexity index is 422. The molecule has 1 aliphatic rings. The maximum absolute atomic E-state index is 5.73. The molecule has 2 rings (SSSR count). The SMILES string of the molecule is CCC(CCN)N1CCN(c2cccc(C)c2C)CC1. The number of benzene rings is 1. The quantitative estimate of drug-likeness (QED) is 0.896. The van der Waals surface area contributed by atoms with Crippen molar-refractivity contribution in [3.05, 3.63) is 29.3 Å². The van der Waals surface area contributed by atoms with Crippen LogP contribution in [0.2, 0.25) is 0 Å². The van der Waals surface area contributed by atoms with Gasteiger partial charge in [0.2, 0.25) is 0 Å². The minimum atomic E-state index is 0.667. The van der Waals surface area contributed by atoms with Crippen molar-refractivity contribution in [2.45, 2.75) is 39.7 Å². The summed E-state index contributed by atoms with van der Waals surface area (Å²) in [7, 11) is 0. The number of anilines is 1. The number of aryl methyl sites for hydroxylation is 1. The van der Waals surface area contributed by atoms with Crippen molar-refractivity contribution < 1.29 is 0 Å². The lowest BCUT2D eigenvalue weighted by atomic mass is 10.1. The highest BCUT2D eigenvalue weighted by atomic mass is 15.3. The molecule has 1 aromatic carbocycles. The molecule has 3 heteroatoms. The first kappa shape index (κ1) is 15.3. The summed E-state index contributed by atoms with van der Waals surface area (Å²) >= 11 is 0. The highest BCUT2D eigenvalue weighted by Gasteiger charge is 2.23. The van der Waals surface area contributed by atoms with Crippen LogP contribution >= 0.6 is 0 Å². The zero-order chi connectivity index (χ0) is 14.5. The molecule has 0 amide bonds. The fourth-order valence-corrected chi connectivity index (χ4v) is 3.24. The van der Waals surface area contributed by atoms with Crippen molar-refractivity contribution in [3.8, 4) is 0 Å². The highest BCUT2D eigenvalue weighted by Crippen LogP contribution is 2.24. The van der Waals surface area contributed by atoms with Crippen LogP contribution in [-0.2, 0) is 0 Å². The molecular weight excluding hydrogens is 246 g/mol. The molecule has 0 aliphatic carbocycles. The van der Waals surface area contributed by atoms with E-state index in [0.717, 1.165) is 39.1 Å². The maximum Gasteiger partial charge on any atom is 0.0399 e. The molecule has 0 spiro atoms. The summed E-state index contributed by atoms with van der Waals surface area (Å²) in [6.07, 6.45) is 2.33. The molecule has 1 saturated heterocycles. The molecule has 1 heterocycles. The van der Waals surface area contributed by atoms with Gasteiger partial charge in [0, 0.05) is 37.9 Å². The van der Waals surface area contributed by atoms with E-state index in [1.54, 1.807) is 0 Å². The monoisotopic (exact) mass is 275 g/mol. The lowest BCUT2D eigenvalue weighted by Crippen LogP contribution is -2.50. The molecule has 3 nitrogen and oxygen atoms in total. The van der Waals surface area contributed by atoms with Crippen LogP contribution in [0.15, 0.2) is 18.2 Å². The van der Waals surface area contributed by atoms with Gasteiger partial charge in [0.25, 0.3) is 0 Å². The minimum absolute atomic E-state index is 0.667. The van der Waals surface area contributed by atoms with Crippen LogP contribution in [0.3, 0.4) is 0 Å². The van der Waals surface area contributed by atoms with E-state index in [-0.39, 0.29) is 0 Å². The summed E-state index contributed by atoms with van der Waals surface area (Å²) in [6.45, 7) is 12.1. The third kappa shape index (κ3) is 3.33. The van der Waals surface area contributed by atoms with Gasteiger partial charge in [0.05, 0.1) is 0 Å². The Hall–Kier alpha value is -1.06. The Kier molecular flexibility index (Phi) is 5.44. The first-order valence-corrected chi connectivity index (χ1v) is 7.92. The number of hydrogen-bond donors (Lipinski definition) is 1. The molecule has 0 saturated carbocycles. The van der Waals surface area contributed by atoms with Gasteiger partial charge in [-0.15, -0.1) is 0 Å². The lowest BCUT2D eigenvalue weighted by Gasteiger charge is -2.40. The smallest absolute Gasteiger partial charge is 0.0399 e. The Morgan fingerprint density at radius 1 is 1.15 bits per heavy atom. The fraction of sp³-hybridized carbons (Fsp3) is 0.647. The summed E-state index contributed by atoms with van der Waals surface area (Å²) in [6, 6.07) is 7.30. The first-order valence-electron chi connectivity index (χ1n) is 7.92. The van der Waals surface area contributed by atoms with Gasteiger partial charge >= 0.3 is 0 Å². The highest BCUT2D eigenvalue weighted by molar-refractivity contribution is 5.56. The van der Waals surface area contributed by atoms with Gasteiger partial charge in [0.1, 0.15) is 0 Å². The van der Waals surface area contributed by atoms with E-state index >= 15 is 0 Å². The van der Waals surface area contributed by atoms with E-state index in [0.29, 0.717) is 6.04 Å². The summed E-state index contributed by atoms with van der Waals surface area (Å²) in [5.74, 6) is 0. The van der Waals surface area contributed by atoms with Crippen LogP contribution in [0.1, 0.15) is 30.9 Å². The molecule has 112 valence electrons. The van der Waals surface area contributed by atoms with Crippen LogP contribution in [-0.4, -0.2) is 43.7 Å². The second-order valence-corrected chi connectivity index (χ2v) is 5.88. The van der Waals surface area contributed by atoms with Gasteiger partial charge in [-0.25, -0.2) is 0 Å². The summed E-state index contributed by atoms with van der Waals surface area (Å²) in [4.78, 5) is 5.16. The molecule has 0 bridgehead atoms. The largest absolute Gasteiger partial charge is 0.369 e. The molecule has 2 N–H and O–H groups in total. The van der Waals surface area contributed by atoms with Crippen LogP contribution in [0.5, 0.6) is 0 Å². The summed E-state index contributed by atoms with van der Waals surface area (Å²) in [5, 5.41) is 0. The second kappa shape index (κ2) is 7.09. The van der Waals surface area contributed by atoms with E-state index in [4.69, 9.17) is 5.73 Å². The van der Waals surface area contributed by atoms with Crippen LogP contribution in [0.25, 0.3) is 0 Å². The average molecular weight is 275 g/mol. The van der Waals surface area contributed by atoms with E-state index in [1.807, 2.05) is 0 Å². The van der Waals surface area contributed by atoms with Gasteiger partial charge in [-0.3, -0.25) is 4.90 Å². The van der Waals surface area contributed by atoms with E-state index in [1.165, 1.54) is 23.2 Å². The Morgan fingerprint density at radius 2 is 1.85 bits per heavy atom. The average Bonchev–Trinajstić information content (AvgIpc) is 2.48. The van der Waals surface area contributed by atoms with Crippen LogP contribution < -0.4 is 10.6 Å². The molecule has 1 fully saturated rings. The van der Waals surface area contributed by atoms with Crippen LogP contribution in [0.4, 0.5) is 5.69 Å². The topological polar surface area (TPSA) is 32.5 Å². The van der Waals surface area contributed by atoms with Crippen molar-refractivity contribution in [1.29, 1.82) is 0 Å². The zero-order valence-electron chi connectivity index (χ0n) is 13.2. The van der Waals surface area contributed by atoms with Gasteiger partial charge in [-0.1, -0.05) is 19.1 Å². The van der Waals surface area contributed by atoms with Crippen molar-refractivity contribution in [1.82, 2.24) is 4.90 Å². The predicted octanol–water partition coefficient (Wildman–Crippen LogP) is 2.55. The Balaban J connectivity index is 1.99. The minimum Gasteiger partial charge on any atom is -0.369 e. The fourth-order valence-electron chi connectivity index (χ4n) is 3.24. The number of hydrogen-bond acceptors (Lipinski definition) is 3. The molecule has 0 aromatic heterocycles. The molecule has 0 radical (unpaired) electrons. The van der Waals surface area contributed by atoms with Gasteiger partial charge in [-0.2, -0.15) is 0 Å². The molecule has 1 atom stereocenters. The standard InChI is InChI=1S/C17H29N3/c1-4-16(8-9-18)19-10-12-20(13-11-19)17-7-5-6-14(2)15(17)3/h5-7,16H,4,8-13,18H2,1-3H3. The zero-order valence-corrected chi connectivity index (χ0v) is 13.2. The number of piperazine rings is 1. The van der Waals surface area contributed by atoms with Gasteiger partial charge in [0.15, 0.2) is 0 Å². The van der Waals surface area contributed by atoms with Gasteiger partial charge in [-0.05, 0) is 50.4 Å². The molecule has 20 heavy (non-hydrogen) atoms.